The number of nitrogens with one attached hydrogen (secondary N) is 1. The Labute approximate surface area is 50.0 Å². The van der Waals surface area contributed by atoms with Gasteiger partial charge in [-0.05, 0) is 0 Å². The third-order valence-electron chi connectivity index (χ3n) is 0.722. The minimum absolute atomic E-state index is 0.122. The lowest BCUT2D eigenvalue weighted by molar-refractivity contribution is 0.111. The van der Waals surface area contributed by atoms with Gasteiger partial charge >= 0.3 is 0 Å². The van der Waals surface area contributed by atoms with E-state index in [1.807, 2.05) is 0 Å². The number of imidazole rings is 1. The van der Waals surface area contributed by atoms with Gasteiger partial charge in [-0.1, -0.05) is 9.18 Å². The van der Waals surface area contributed by atoms with Gasteiger partial charge in [-0.25, -0.2) is 4.98 Å². The van der Waals surface area contributed by atoms with E-state index in [2.05, 4.69) is 9.97 Å². The van der Waals surface area contributed by atoms with Crippen LogP contribution < -0.4 is 5.57 Å². The van der Waals surface area contributed by atoms with Gasteiger partial charge in [0.25, 0.3) is 0 Å². The highest BCUT2D eigenvalue weighted by Gasteiger charge is 1.89. The summed E-state index contributed by atoms with van der Waals surface area (Å²) in [6, 6.07) is 0. The SMILES string of the molecule is [3H]Pc1ncc(C=O)[nH]1. The van der Waals surface area contributed by atoms with Crippen LogP contribution in [-0.4, -0.2) is 17.5 Å². The maximum absolute atomic E-state index is 10.0. The van der Waals surface area contributed by atoms with Crippen molar-refractivity contribution in [2.45, 2.75) is 0 Å². The number of rotatable bonds is 2. The standard InChI is InChI=1S/C4H5N2OP/c7-2-3-1-5-4(8)6-3/h1-2H,8H2,(H,5,6)/i8T. The number of aromatic amines is 1. The van der Waals surface area contributed by atoms with Crippen molar-refractivity contribution < 1.29 is 4.79 Å². The summed E-state index contributed by atoms with van der Waals surface area (Å²) in [6.07, 6.45) is 2.10. The fourth-order valence-electron chi connectivity index (χ4n) is 0.395. The van der Waals surface area contributed by atoms with Crippen molar-refractivity contribution in [2.24, 2.45) is 0 Å². The van der Waals surface area contributed by atoms with Gasteiger partial charge in [-0.2, -0.15) is 0 Å². The van der Waals surface area contributed by atoms with E-state index in [0.29, 0.717) is 17.5 Å². The average molecular weight is 130 g/mol. The van der Waals surface area contributed by atoms with Crippen LogP contribution in [0.5, 0.6) is 0 Å². The second kappa shape index (κ2) is 2.05. The molecule has 8 heavy (non-hydrogen) atoms. The number of aromatic nitrogens is 2. The van der Waals surface area contributed by atoms with Crippen molar-refractivity contribution >= 4 is 21.0 Å². The third kappa shape index (κ3) is 0.928. The molecule has 1 heterocycles. The first kappa shape index (κ1) is 4.21. The molecule has 0 amide bonds. The summed E-state index contributed by atoms with van der Waals surface area (Å²) in [7, 11) is -0.122. The van der Waals surface area contributed by atoms with E-state index < -0.39 is 0 Å². The van der Waals surface area contributed by atoms with E-state index in [4.69, 9.17) is 1.28 Å². The molecule has 0 aliphatic heterocycles. The average Bonchev–Trinajstić information content (AvgIpc) is 2.34. The van der Waals surface area contributed by atoms with Gasteiger partial charge in [-0.15, -0.1) is 0 Å². The molecule has 0 aliphatic rings. The van der Waals surface area contributed by atoms with Crippen LogP contribution in [0.15, 0.2) is 6.20 Å². The van der Waals surface area contributed by atoms with Crippen LogP contribution in [0.4, 0.5) is 0 Å². The molecular formula is C4H5N2OP. The van der Waals surface area contributed by atoms with Gasteiger partial charge in [0, 0.05) is 0 Å². The van der Waals surface area contributed by atoms with Crippen LogP contribution in [-0.2, 0) is 0 Å². The predicted molar refractivity (Wildman–Crippen MR) is 33.3 cm³/mol. The Morgan fingerprint density at radius 3 is 3.38 bits per heavy atom. The van der Waals surface area contributed by atoms with Crippen molar-refractivity contribution in [3.05, 3.63) is 11.9 Å². The van der Waals surface area contributed by atoms with Gasteiger partial charge in [0.2, 0.25) is 0 Å². The summed E-state index contributed by atoms with van der Waals surface area (Å²) < 4.78 is 6.85. The minimum atomic E-state index is -0.122. The van der Waals surface area contributed by atoms with Crippen molar-refractivity contribution in [1.82, 2.24) is 9.97 Å². The monoisotopic (exact) mass is 130 g/mol. The molecule has 3 nitrogen and oxygen atoms in total. The molecule has 1 rings (SSSR count). The third-order valence-corrected chi connectivity index (χ3v) is 0.977. The maximum atomic E-state index is 10.0. The molecule has 0 radical (unpaired) electrons. The zero-order chi connectivity index (χ0) is 6.69. The lowest BCUT2D eigenvalue weighted by Gasteiger charge is -1.74. The number of carbonyl (C=O) groups is 1. The topological polar surface area (TPSA) is 45.8 Å². The van der Waals surface area contributed by atoms with Crippen LogP contribution in [0, 0.1) is 0 Å². The summed E-state index contributed by atoms with van der Waals surface area (Å²) >= 11 is 0. The van der Waals surface area contributed by atoms with E-state index in [0.717, 1.165) is 0 Å². The summed E-state index contributed by atoms with van der Waals surface area (Å²) in [6.45, 7) is 0. The summed E-state index contributed by atoms with van der Waals surface area (Å²) in [5.41, 5.74) is 0.988. The molecule has 1 N–H and O–H groups in total. The number of hydrogen-bond acceptors (Lipinski definition) is 2. The molecule has 0 spiro atoms. The highest BCUT2D eigenvalue weighted by atomic mass is 31.0. The molecule has 0 saturated carbocycles. The Bertz CT molecular complexity index is 212. The van der Waals surface area contributed by atoms with Crippen LogP contribution in [0.2, 0.25) is 0 Å². The number of carbonyl (C=O) groups excluding carboxylic acids is 1. The second-order valence-corrected chi connectivity index (χ2v) is 1.78. The lowest BCUT2D eigenvalue weighted by Crippen LogP contribution is -1.92. The Morgan fingerprint density at radius 1 is 2.12 bits per heavy atom. The molecule has 4 heteroatoms. The largest absolute Gasteiger partial charge is 0.337 e. The van der Waals surface area contributed by atoms with Gasteiger partial charge in [0.05, 0.1) is 13.2 Å². The smallest absolute Gasteiger partial charge is 0.167 e. The summed E-state index contributed by atoms with van der Waals surface area (Å²) in [4.78, 5) is 16.4. The zero-order valence-electron chi connectivity index (χ0n) is 5.01. The van der Waals surface area contributed by atoms with Crippen LogP contribution >= 0.6 is 9.18 Å². The molecule has 1 atom stereocenters. The Balaban J connectivity index is 2.86. The maximum Gasteiger partial charge on any atom is 0.167 e. The molecule has 0 aliphatic carbocycles. The van der Waals surface area contributed by atoms with E-state index >= 15 is 0 Å². The van der Waals surface area contributed by atoms with Crippen molar-refractivity contribution in [3.63, 3.8) is 0 Å². The fraction of sp³-hybridized carbons (Fsp3) is 0. The van der Waals surface area contributed by atoms with E-state index in [1.165, 1.54) is 6.20 Å². The molecule has 1 aromatic heterocycles. The molecule has 0 fully saturated rings. The van der Waals surface area contributed by atoms with E-state index in [1.54, 1.807) is 0 Å². The zero-order valence-corrected chi connectivity index (χ0v) is 5.01. The van der Waals surface area contributed by atoms with Crippen LogP contribution in [0.25, 0.3) is 0 Å². The number of hydrogen-bond donors (Lipinski definition) is 1. The van der Waals surface area contributed by atoms with Gasteiger partial charge in [0.15, 0.2) is 6.29 Å². The van der Waals surface area contributed by atoms with Crippen molar-refractivity contribution in [3.8, 4) is 0 Å². The van der Waals surface area contributed by atoms with Gasteiger partial charge in [0.1, 0.15) is 5.57 Å². The lowest BCUT2D eigenvalue weighted by atomic mass is 10.6. The first-order valence-corrected chi connectivity index (χ1v) is 2.54. The van der Waals surface area contributed by atoms with Crippen LogP contribution in [0.1, 0.15) is 10.5 Å². The molecule has 0 aromatic carbocycles. The summed E-state index contributed by atoms with van der Waals surface area (Å²) in [5, 5.41) is 0. The number of nitrogens with zero attached hydrogens (tertiary/aromatic N) is 1. The molecule has 1 aromatic rings. The minimum Gasteiger partial charge on any atom is -0.337 e. The summed E-state index contributed by atoms with van der Waals surface area (Å²) in [5.74, 6) is 0. The highest BCUT2D eigenvalue weighted by Crippen LogP contribution is 1.84. The molecular weight excluding hydrogens is 123 g/mol. The molecule has 42 valence electrons. The normalized spacial score (nSPS) is 12.2. The Kier molecular flexibility index (Phi) is 1.08. The fourth-order valence-corrected chi connectivity index (χ4v) is 0.604. The van der Waals surface area contributed by atoms with Crippen LogP contribution in [0.3, 0.4) is 0 Å². The first-order chi connectivity index (χ1) is 4.36. The van der Waals surface area contributed by atoms with Gasteiger partial charge < -0.3 is 4.98 Å². The molecule has 0 saturated heterocycles. The Hall–Kier alpha value is -0.690. The van der Waals surface area contributed by atoms with E-state index in [9.17, 15) is 4.79 Å². The number of H-pyrrole nitrogens is 1. The predicted octanol–water partition coefficient (Wildman–Crippen LogP) is -0.277. The second-order valence-electron chi connectivity index (χ2n) is 1.30. The molecule has 1 unspecified atom stereocenters. The van der Waals surface area contributed by atoms with Gasteiger partial charge in [-0.3, -0.25) is 4.79 Å². The number of aldehydes is 1. The Morgan fingerprint density at radius 2 is 3.00 bits per heavy atom. The van der Waals surface area contributed by atoms with Crippen molar-refractivity contribution in [2.75, 3.05) is 0 Å². The van der Waals surface area contributed by atoms with E-state index in [-0.39, 0.29) is 9.18 Å². The van der Waals surface area contributed by atoms with Crippen molar-refractivity contribution in [1.29, 1.82) is 1.28 Å². The molecule has 0 bridgehead atoms. The quantitative estimate of drug-likeness (QED) is 0.442. The highest BCUT2D eigenvalue weighted by molar-refractivity contribution is 7.26. The first-order valence-electron chi connectivity index (χ1n) is 2.54.